The summed E-state index contributed by atoms with van der Waals surface area (Å²) in [7, 11) is 0. The molecule has 1 heterocycles. The average molecular weight is 406 g/mol. The molecule has 30 heavy (non-hydrogen) atoms. The largest absolute Gasteiger partial charge is 0.343 e. The van der Waals surface area contributed by atoms with Gasteiger partial charge in [-0.05, 0) is 36.8 Å². The normalized spacial score (nSPS) is 19.6. The van der Waals surface area contributed by atoms with Gasteiger partial charge in [-0.2, -0.15) is 0 Å². The number of likely N-dealkylation sites (tertiary alicyclic amines) is 1. The SMILES string of the molecule is O=C(NC(c1ccccc1)c1ccccc1)[C@@H]1CCCN1C(=O)NC1CCCCC1. The molecule has 0 spiro atoms. The minimum Gasteiger partial charge on any atom is -0.343 e. The number of benzene rings is 2. The quantitative estimate of drug-likeness (QED) is 0.775. The topological polar surface area (TPSA) is 61.4 Å². The fourth-order valence-electron chi connectivity index (χ4n) is 4.68. The Balaban J connectivity index is 1.46. The highest BCUT2D eigenvalue weighted by Crippen LogP contribution is 2.25. The number of hydrogen-bond donors (Lipinski definition) is 2. The van der Waals surface area contributed by atoms with E-state index in [1.165, 1.54) is 19.3 Å². The van der Waals surface area contributed by atoms with Crippen LogP contribution in [0.5, 0.6) is 0 Å². The van der Waals surface area contributed by atoms with Crippen molar-refractivity contribution in [2.75, 3.05) is 6.54 Å². The predicted molar refractivity (Wildman–Crippen MR) is 118 cm³/mol. The fourth-order valence-corrected chi connectivity index (χ4v) is 4.68. The number of nitrogens with one attached hydrogen (secondary N) is 2. The Kier molecular flexibility index (Phi) is 6.67. The van der Waals surface area contributed by atoms with E-state index in [-0.39, 0.29) is 24.0 Å². The van der Waals surface area contributed by atoms with Crippen LogP contribution >= 0.6 is 0 Å². The molecule has 2 aromatic rings. The lowest BCUT2D eigenvalue weighted by Gasteiger charge is -2.30. The van der Waals surface area contributed by atoms with Crippen molar-refractivity contribution in [2.45, 2.75) is 63.1 Å². The smallest absolute Gasteiger partial charge is 0.318 e. The Labute approximate surface area is 178 Å². The van der Waals surface area contributed by atoms with Crippen LogP contribution in [-0.4, -0.2) is 35.5 Å². The third-order valence-corrected chi connectivity index (χ3v) is 6.30. The Morgan fingerprint density at radius 1 is 0.800 bits per heavy atom. The molecule has 1 saturated carbocycles. The van der Waals surface area contributed by atoms with E-state index in [0.717, 1.165) is 30.4 Å². The molecule has 1 aliphatic heterocycles. The van der Waals surface area contributed by atoms with E-state index in [1.54, 1.807) is 4.90 Å². The van der Waals surface area contributed by atoms with Gasteiger partial charge in [-0.3, -0.25) is 4.79 Å². The van der Waals surface area contributed by atoms with Gasteiger partial charge in [0.1, 0.15) is 6.04 Å². The van der Waals surface area contributed by atoms with Crippen molar-refractivity contribution in [3.8, 4) is 0 Å². The molecule has 3 amide bonds. The van der Waals surface area contributed by atoms with Crippen LogP contribution in [-0.2, 0) is 4.79 Å². The van der Waals surface area contributed by atoms with Crippen LogP contribution in [0.25, 0.3) is 0 Å². The molecule has 1 saturated heterocycles. The minimum atomic E-state index is -0.413. The van der Waals surface area contributed by atoms with Gasteiger partial charge in [-0.15, -0.1) is 0 Å². The molecule has 2 aromatic carbocycles. The summed E-state index contributed by atoms with van der Waals surface area (Å²) < 4.78 is 0. The number of carbonyl (C=O) groups excluding carboxylic acids is 2. The molecular formula is C25H31N3O2. The summed E-state index contributed by atoms with van der Waals surface area (Å²) in [4.78, 5) is 27.9. The first-order valence-corrected chi connectivity index (χ1v) is 11.2. The van der Waals surface area contributed by atoms with E-state index < -0.39 is 6.04 Å². The second-order valence-electron chi connectivity index (χ2n) is 8.40. The third kappa shape index (κ3) is 4.84. The molecule has 5 nitrogen and oxygen atoms in total. The Hall–Kier alpha value is -2.82. The Morgan fingerprint density at radius 3 is 2.00 bits per heavy atom. The molecule has 1 atom stereocenters. The number of urea groups is 1. The first-order chi connectivity index (χ1) is 14.7. The van der Waals surface area contributed by atoms with Gasteiger partial charge in [0.15, 0.2) is 0 Å². The van der Waals surface area contributed by atoms with Crippen LogP contribution in [0.4, 0.5) is 4.79 Å². The number of rotatable bonds is 5. The molecule has 0 radical (unpaired) electrons. The van der Waals surface area contributed by atoms with E-state index in [4.69, 9.17) is 0 Å². The van der Waals surface area contributed by atoms with Crippen molar-refractivity contribution in [3.05, 3.63) is 71.8 Å². The molecule has 2 aliphatic rings. The van der Waals surface area contributed by atoms with E-state index in [0.29, 0.717) is 13.0 Å². The van der Waals surface area contributed by atoms with Gasteiger partial charge >= 0.3 is 6.03 Å². The molecule has 5 heteroatoms. The van der Waals surface area contributed by atoms with Crippen molar-refractivity contribution >= 4 is 11.9 Å². The lowest BCUT2D eigenvalue weighted by atomic mass is 9.96. The van der Waals surface area contributed by atoms with Gasteiger partial charge in [0.05, 0.1) is 6.04 Å². The summed E-state index contributed by atoms with van der Waals surface area (Å²) in [6.45, 7) is 0.637. The lowest BCUT2D eigenvalue weighted by Crippen LogP contribution is -2.52. The van der Waals surface area contributed by atoms with E-state index in [1.807, 2.05) is 60.7 Å². The van der Waals surface area contributed by atoms with Crippen molar-refractivity contribution in [2.24, 2.45) is 0 Å². The van der Waals surface area contributed by atoms with Gasteiger partial charge in [0, 0.05) is 12.6 Å². The molecule has 0 aromatic heterocycles. The zero-order valence-corrected chi connectivity index (χ0v) is 17.4. The third-order valence-electron chi connectivity index (χ3n) is 6.30. The summed E-state index contributed by atoms with van der Waals surface area (Å²) in [5.74, 6) is -0.0796. The summed E-state index contributed by atoms with van der Waals surface area (Å²) in [6.07, 6.45) is 7.25. The molecular weight excluding hydrogens is 374 g/mol. The maximum Gasteiger partial charge on any atom is 0.318 e. The van der Waals surface area contributed by atoms with Crippen molar-refractivity contribution in [1.29, 1.82) is 0 Å². The minimum absolute atomic E-state index is 0.0796. The standard InChI is InChI=1S/C25H31N3O2/c29-24(22-17-10-18-28(22)25(30)26-21-15-8-3-9-16-21)27-23(19-11-4-1-5-12-19)20-13-6-2-7-14-20/h1-2,4-7,11-14,21-23H,3,8-10,15-18H2,(H,26,30)(H,27,29)/t22-/m0/s1. The molecule has 4 rings (SSSR count). The molecule has 0 unspecified atom stereocenters. The van der Waals surface area contributed by atoms with Gasteiger partial charge < -0.3 is 15.5 Å². The fraction of sp³-hybridized carbons (Fsp3) is 0.440. The average Bonchev–Trinajstić information content (AvgIpc) is 3.30. The van der Waals surface area contributed by atoms with Crippen LogP contribution in [0.2, 0.25) is 0 Å². The summed E-state index contributed by atoms with van der Waals surface area (Å²) in [6, 6.07) is 19.5. The summed E-state index contributed by atoms with van der Waals surface area (Å²) in [5, 5.41) is 6.39. The molecule has 0 bridgehead atoms. The highest BCUT2D eigenvalue weighted by atomic mass is 16.2. The molecule has 158 valence electrons. The van der Waals surface area contributed by atoms with Gasteiger partial charge in [0.2, 0.25) is 5.91 Å². The first-order valence-electron chi connectivity index (χ1n) is 11.2. The highest BCUT2D eigenvalue weighted by molar-refractivity contribution is 5.88. The maximum atomic E-state index is 13.3. The highest BCUT2D eigenvalue weighted by Gasteiger charge is 2.36. The van der Waals surface area contributed by atoms with Gasteiger partial charge in [-0.1, -0.05) is 79.9 Å². The maximum absolute atomic E-state index is 13.3. The second-order valence-corrected chi connectivity index (χ2v) is 8.40. The summed E-state index contributed by atoms with van der Waals surface area (Å²) >= 11 is 0. The molecule has 2 N–H and O–H groups in total. The Bertz CT molecular complexity index is 794. The van der Waals surface area contributed by atoms with Crippen LogP contribution in [0.1, 0.15) is 62.1 Å². The van der Waals surface area contributed by atoms with Crippen LogP contribution in [0, 0.1) is 0 Å². The number of hydrogen-bond acceptors (Lipinski definition) is 2. The van der Waals surface area contributed by atoms with Gasteiger partial charge in [0.25, 0.3) is 0 Å². The number of carbonyl (C=O) groups is 2. The van der Waals surface area contributed by atoms with E-state index >= 15 is 0 Å². The molecule has 2 fully saturated rings. The van der Waals surface area contributed by atoms with Crippen molar-refractivity contribution in [1.82, 2.24) is 15.5 Å². The predicted octanol–water partition coefficient (Wildman–Crippen LogP) is 4.40. The number of amides is 3. The van der Waals surface area contributed by atoms with E-state index in [9.17, 15) is 9.59 Å². The zero-order chi connectivity index (χ0) is 20.8. The number of nitrogens with zero attached hydrogens (tertiary/aromatic N) is 1. The van der Waals surface area contributed by atoms with Gasteiger partial charge in [-0.25, -0.2) is 4.79 Å². The van der Waals surface area contributed by atoms with E-state index in [2.05, 4.69) is 10.6 Å². The van der Waals surface area contributed by atoms with Crippen LogP contribution < -0.4 is 10.6 Å². The Morgan fingerprint density at radius 2 is 1.40 bits per heavy atom. The molecule has 1 aliphatic carbocycles. The summed E-state index contributed by atoms with van der Waals surface area (Å²) in [5.41, 5.74) is 2.07. The van der Waals surface area contributed by atoms with Crippen molar-refractivity contribution in [3.63, 3.8) is 0 Å². The van der Waals surface area contributed by atoms with Crippen molar-refractivity contribution < 1.29 is 9.59 Å². The van der Waals surface area contributed by atoms with Crippen LogP contribution in [0.15, 0.2) is 60.7 Å². The first kappa shape index (κ1) is 20.5. The second kappa shape index (κ2) is 9.79. The van der Waals surface area contributed by atoms with Crippen LogP contribution in [0.3, 0.4) is 0 Å². The lowest BCUT2D eigenvalue weighted by molar-refractivity contribution is -0.125. The monoisotopic (exact) mass is 405 g/mol. The zero-order valence-electron chi connectivity index (χ0n) is 17.4.